The number of nitrogens with zero attached hydrogens (tertiary/aromatic N) is 2. The summed E-state index contributed by atoms with van der Waals surface area (Å²) in [4.78, 5) is 29.9. The second-order valence-electron chi connectivity index (χ2n) is 4.13. The maximum Gasteiger partial charge on any atom is 0.270 e. The van der Waals surface area contributed by atoms with E-state index in [4.69, 9.17) is 0 Å². The molecule has 1 aliphatic rings. The Morgan fingerprint density at radius 1 is 1.47 bits per heavy atom. The smallest absolute Gasteiger partial charge is 0.270 e. The third-order valence-corrected chi connectivity index (χ3v) is 3.30. The second kappa shape index (κ2) is 4.91. The lowest BCUT2D eigenvalue weighted by molar-refractivity contribution is -0.129. The predicted octanol–water partition coefficient (Wildman–Crippen LogP) is 1.08. The van der Waals surface area contributed by atoms with Crippen LogP contribution >= 0.6 is 15.9 Å². The summed E-state index contributed by atoms with van der Waals surface area (Å²) in [5.41, 5.74) is 0.509. The predicted molar refractivity (Wildman–Crippen MR) is 66.7 cm³/mol. The number of aromatic amines is 1. The number of rotatable bonds is 1. The Hall–Kier alpha value is -1.30. The standard InChI is InChI=1S/C11H14BrN3O2/c1-14-3-2-4-15(7-10(14)16)11(17)9-5-8(12)6-13-9/h5-6,13H,2-4,7H2,1H3. The minimum Gasteiger partial charge on any atom is -0.356 e. The second-order valence-corrected chi connectivity index (χ2v) is 5.04. The summed E-state index contributed by atoms with van der Waals surface area (Å²) in [6.07, 6.45) is 2.52. The van der Waals surface area contributed by atoms with Crippen molar-refractivity contribution in [2.45, 2.75) is 6.42 Å². The SMILES string of the molecule is CN1CCCN(C(=O)c2cc(Br)c[nH]2)CC1=O. The van der Waals surface area contributed by atoms with Crippen LogP contribution in [0.2, 0.25) is 0 Å². The van der Waals surface area contributed by atoms with Crippen LogP contribution < -0.4 is 0 Å². The molecule has 1 fully saturated rings. The van der Waals surface area contributed by atoms with Gasteiger partial charge >= 0.3 is 0 Å². The van der Waals surface area contributed by atoms with Gasteiger partial charge in [0.15, 0.2) is 0 Å². The van der Waals surface area contributed by atoms with Crippen molar-refractivity contribution in [2.75, 3.05) is 26.7 Å². The van der Waals surface area contributed by atoms with Gasteiger partial charge in [-0.05, 0) is 28.4 Å². The lowest BCUT2D eigenvalue weighted by atomic mass is 10.3. The summed E-state index contributed by atoms with van der Waals surface area (Å²) in [6.45, 7) is 1.48. The van der Waals surface area contributed by atoms with Crippen LogP contribution in [0.25, 0.3) is 0 Å². The Balaban J connectivity index is 2.11. The van der Waals surface area contributed by atoms with Gasteiger partial charge in [-0.2, -0.15) is 0 Å². The number of likely N-dealkylation sites (N-methyl/N-ethyl adjacent to an activating group) is 1. The maximum absolute atomic E-state index is 12.1. The molecule has 2 amide bonds. The Morgan fingerprint density at radius 2 is 2.24 bits per heavy atom. The third-order valence-electron chi connectivity index (χ3n) is 2.84. The molecule has 17 heavy (non-hydrogen) atoms. The third kappa shape index (κ3) is 2.69. The van der Waals surface area contributed by atoms with Crippen molar-refractivity contribution in [2.24, 2.45) is 0 Å². The number of nitrogens with one attached hydrogen (secondary N) is 1. The molecule has 5 nitrogen and oxygen atoms in total. The van der Waals surface area contributed by atoms with E-state index in [2.05, 4.69) is 20.9 Å². The van der Waals surface area contributed by atoms with Crippen LogP contribution in [0.15, 0.2) is 16.7 Å². The molecule has 1 saturated heterocycles. The quantitative estimate of drug-likeness (QED) is 0.844. The van der Waals surface area contributed by atoms with Crippen molar-refractivity contribution >= 4 is 27.7 Å². The average molecular weight is 300 g/mol. The minimum atomic E-state index is -0.126. The Labute approximate surface area is 108 Å². The normalized spacial score (nSPS) is 17.2. The molecule has 92 valence electrons. The maximum atomic E-state index is 12.1. The van der Waals surface area contributed by atoms with Crippen LogP contribution in [0.3, 0.4) is 0 Å². The molecule has 0 saturated carbocycles. The van der Waals surface area contributed by atoms with Crippen molar-refractivity contribution in [3.8, 4) is 0 Å². The summed E-state index contributed by atoms with van der Waals surface area (Å²) >= 11 is 3.28. The molecule has 0 radical (unpaired) electrons. The van der Waals surface area contributed by atoms with E-state index >= 15 is 0 Å². The topological polar surface area (TPSA) is 56.4 Å². The van der Waals surface area contributed by atoms with E-state index in [9.17, 15) is 9.59 Å². The fraction of sp³-hybridized carbons (Fsp3) is 0.455. The highest BCUT2D eigenvalue weighted by atomic mass is 79.9. The first-order valence-electron chi connectivity index (χ1n) is 5.45. The van der Waals surface area contributed by atoms with Crippen LogP contribution in [0.5, 0.6) is 0 Å². The zero-order valence-electron chi connectivity index (χ0n) is 9.57. The van der Waals surface area contributed by atoms with E-state index in [1.807, 2.05) is 0 Å². The molecule has 2 rings (SSSR count). The van der Waals surface area contributed by atoms with Crippen LogP contribution in [0, 0.1) is 0 Å². The van der Waals surface area contributed by atoms with Gasteiger partial charge in [0.05, 0.1) is 0 Å². The van der Waals surface area contributed by atoms with E-state index in [0.29, 0.717) is 18.8 Å². The monoisotopic (exact) mass is 299 g/mol. The molecule has 0 bridgehead atoms. The van der Waals surface area contributed by atoms with Crippen LogP contribution in [0.4, 0.5) is 0 Å². The van der Waals surface area contributed by atoms with E-state index in [1.165, 1.54) is 0 Å². The molecule has 2 heterocycles. The average Bonchev–Trinajstić information content (AvgIpc) is 2.65. The molecule has 1 N–H and O–H groups in total. The summed E-state index contributed by atoms with van der Waals surface area (Å²) in [6, 6.07) is 1.72. The van der Waals surface area contributed by atoms with E-state index < -0.39 is 0 Å². The first-order chi connectivity index (χ1) is 8.08. The molecule has 0 unspecified atom stereocenters. The fourth-order valence-corrected chi connectivity index (χ4v) is 2.16. The first-order valence-corrected chi connectivity index (χ1v) is 6.24. The Morgan fingerprint density at radius 3 is 2.88 bits per heavy atom. The zero-order valence-corrected chi connectivity index (χ0v) is 11.2. The van der Waals surface area contributed by atoms with E-state index in [-0.39, 0.29) is 18.4 Å². The molecule has 0 aromatic carbocycles. The molecular formula is C11H14BrN3O2. The summed E-state index contributed by atoms with van der Waals surface area (Å²) < 4.78 is 0.833. The molecule has 6 heteroatoms. The number of amides is 2. The van der Waals surface area contributed by atoms with Crippen molar-refractivity contribution < 1.29 is 9.59 Å². The molecular weight excluding hydrogens is 286 g/mol. The number of halogens is 1. The number of aromatic nitrogens is 1. The van der Waals surface area contributed by atoms with Crippen molar-refractivity contribution in [3.05, 3.63) is 22.4 Å². The zero-order chi connectivity index (χ0) is 12.4. The van der Waals surface area contributed by atoms with Gasteiger partial charge in [0, 0.05) is 30.8 Å². The lowest BCUT2D eigenvalue weighted by Gasteiger charge is -2.18. The lowest BCUT2D eigenvalue weighted by Crippen LogP contribution is -2.38. The largest absolute Gasteiger partial charge is 0.356 e. The first kappa shape index (κ1) is 12.2. The molecule has 0 atom stereocenters. The number of hydrogen-bond acceptors (Lipinski definition) is 2. The highest BCUT2D eigenvalue weighted by Gasteiger charge is 2.24. The van der Waals surface area contributed by atoms with Crippen molar-refractivity contribution in [1.29, 1.82) is 0 Å². The summed E-state index contributed by atoms with van der Waals surface area (Å²) in [5.74, 6) is -0.138. The van der Waals surface area contributed by atoms with Gasteiger partial charge in [-0.15, -0.1) is 0 Å². The minimum absolute atomic E-state index is 0.0125. The van der Waals surface area contributed by atoms with Gasteiger partial charge < -0.3 is 14.8 Å². The van der Waals surface area contributed by atoms with Crippen molar-refractivity contribution in [1.82, 2.24) is 14.8 Å². The number of hydrogen-bond donors (Lipinski definition) is 1. The van der Waals surface area contributed by atoms with E-state index in [1.54, 1.807) is 29.1 Å². The van der Waals surface area contributed by atoms with E-state index in [0.717, 1.165) is 10.9 Å². The van der Waals surface area contributed by atoms with Gasteiger partial charge in [0.25, 0.3) is 5.91 Å². The summed E-state index contributed by atoms with van der Waals surface area (Å²) in [7, 11) is 1.77. The van der Waals surface area contributed by atoms with Crippen LogP contribution in [-0.2, 0) is 4.79 Å². The molecule has 1 aliphatic heterocycles. The highest BCUT2D eigenvalue weighted by molar-refractivity contribution is 9.10. The Kier molecular flexibility index (Phi) is 3.51. The molecule has 0 aliphatic carbocycles. The van der Waals surface area contributed by atoms with Gasteiger partial charge in [0.2, 0.25) is 5.91 Å². The van der Waals surface area contributed by atoms with Gasteiger partial charge in [0.1, 0.15) is 12.2 Å². The number of carbonyl (C=O) groups excluding carboxylic acids is 2. The van der Waals surface area contributed by atoms with Gasteiger partial charge in [-0.3, -0.25) is 9.59 Å². The number of carbonyl (C=O) groups is 2. The number of H-pyrrole nitrogens is 1. The molecule has 1 aromatic heterocycles. The van der Waals surface area contributed by atoms with Gasteiger partial charge in [-0.1, -0.05) is 0 Å². The molecule has 1 aromatic rings. The fourth-order valence-electron chi connectivity index (χ4n) is 1.82. The van der Waals surface area contributed by atoms with Crippen molar-refractivity contribution in [3.63, 3.8) is 0 Å². The van der Waals surface area contributed by atoms with Crippen LogP contribution in [-0.4, -0.2) is 53.3 Å². The van der Waals surface area contributed by atoms with Gasteiger partial charge in [-0.25, -0.2) is 0 Å². The van der Waals surface area contributed by atoms with Crippen LogP contribution in [0.1, 0.15) is 16.9 Å². The summed E-state index contributed by atoms with van der Waals surface area (Å²) in [5, 5.41) is 0. The Bertz CT molecular complexity index is 444. The molecule has 0 spiro atoms. The highest BCUT2D eigenvalue weighted by Crippen LogP contribution is 2.13.